The van der Waals surface area contributed by atoms with Crippen LogP contribution in [0.4, 0.5) is 10.1 Å². The van der Waals surface area contributed by atoms with Gasteiger partial charge in [0.05, 0.1) is 11.3 Å². The zero-order chi connectivity index (χ0) is 16.7. The van der Waals surface area contributed by atoms with Crippen LogP contribution in [0.2, 0.25) is 0 Å². The average Bonchev–Trinajstić information content (AvgIpc) is 3.08. The van der Waals surface area contributed by atoms with Gasteiger partial charge >= 0.3 is 0 Å². The van der Waals surface area contributed by atoms with E-state index in [1.807, 2.05) is 0 Å². The molecule has 2 aromatic rings. The Morgan fingerprint density at radius 1 is 1.25 bits per heavy atom. The number of furan rings is 1. The Kier molecular flexibility index (Phi) is 3.76. The number of halogens is 1. The molecule has 3 fully saturated rings. The third-order valence-electron chi connectivity index (χ3n) is 5.10. The van der Waals surface area contributed by atoms with E-state index in [-0.39, 0.29) is 29.0 Å². The first-order valence-corrected chi connectivity index (χ1v) is 8.29. The average molecular weight is 329 g/mol. The Morgan fingerprint density at radius 3 is 2.75 bits per heavy atom. The lowest BCUT2D eigenvalue weighted by molar-refractivity contribution is 0.0606. The maximum absolute atomic E-state index is 14.1. The molecule has 1 amide bonds. The number of rotatable bonds is 3. The van der Waals surface area contributed by atoms with E-state index in [9.17, 15) is 9.18 Å². The van der Waals surface area contributed by atoms with Gasteiger partial charge in [-0.25, -0.2) is 4.39 Å². The number of nitrogens with zero attached hydrogens (tertiary/aromatic N) is 1. The van der Waals surface area contributed by atoms with Gasteiger partial charge in [-0.1, -0.05) is 6.07 Å². The highest BCUT2D eigenvalue weighted by Crippen LogP contribution is 2.29. The first kappa shape index (κ1) is 15.2. The molecule has 1 aromatic carbocycles. The predicted molar refractivity (Wildman–Crippen MR) is 88.9 cm³/mol. The second-order valence-corrected chi connectivity index (χ2v) is 6.59. The maximum Gasteiger partial charge on any atom is 0.287 e. The van der Waals surface area contributed by atoms with E-state index in [1.54, 1.807) is 24.3 Å². The number of nitrogens with two attached hydrogens (primary N) is 1. The van der Waals surface area contributed by atoms with Crippen molar-refractivity contribution in [2.24, 2.45) is 5.92 Å². The summed E-state index contributed by atoms with van der Waals surface area (Å²) in [6.45, 7) is 3.14. The Bertz CT molecular complexity index is 765. The van der Waals surface area contributed by atoms with Gasteiger partial charge in [0, 0.05) is 12.6 Å². The van der Waals surface area contributed by atoms with Gasteiger partial charge in [-0.05, 0) is 56.1 Å². The number of hydrogen-bond donors (Lipinski definition) is 2. The molecule has 0 aliphatic carbocycles. The molecule has 3 saturated heterocycles. The molecule has 3 aliphatic rings. The zero-order valence-electron chi connectivity index (χ0n) is 13.3. The van der Waals surface area contributed by atoms with Gasteiger partial charge in [-0.2, -0.15) is 0 Å². The first-order valence-electron chi connectivity index (χ1n) is 8.29. The van der Waals surface area contributed by atoms with E-state index in [1.165, 1.54) is 6.07 Å². The summed E-state index contributed by atoms with van der Waals surface area (Å²) in [6, 6.07) is 8.07. The van der Waals surface area contributed by atoms with Gasteiger partial charge in [-0.15, -0.1) is 0 Å². The van der Waals surface area contributed by atoms with Crippen LogP contribution in [0.15, 0.2) is 34.7 Å². The number of anilines is 1. The summed E-state index contributed by atoms with van der Waals surface area (Å²) < 4.78 is 19.6. The van der Waals surface area contributed by atoms with Crippen molar-refractivity contribution in [2.45, 2.75) is 18.9 Å². The summed E-state index contributed by atoms with van der Waals surface area (Å²) >= 11 is 0. The maximum atomic E-state index is 14.1. The highest BCUT2D eigenvalue weighted by Gasteiger charge is 2.35. The van der Waals surface area contributed by atoms with Crippen LogP contribution in [0.1, 0.15) is 23.4 Å². The van der Waals surface area contributed by atoms with Crippen molar-refractivity contribution in [3.8, 4) is 11.3 Å². The van der Waals surface area contributed by atoms with Crippen LogP contribution in [0.5, 0.6) is 0 Å². The van der Waals surface area contributed by atoms with E-state index in [0.717, 1.165) is 32.5 Å². The minimum absolute atomic E-state index is 0.0576. The molecule has 5 nitrogen and oxygen atoms in total. The van der Waals surface area contributed by atoms with Crippen molar-refractivity contribution in [1.82, 2.24) is 10.2 Å². The van der Waals surface area contributed by atoms with E-state index >= 15 is 0 Å². The summed E-state index contributed by atoms with van der Waals surface area (Å²) in [5.74, 6) is 0.266. The van der Waals surface area contributed by atoms with E-state index < -0.39 is 5.82 Å². The highest BCUT2D eigenvalue weighted by atomic mass is 19.1. The van der Waals surface area contributed by atoms with Crippen molar-refractivity contribution in [2.75, 3.05) is 25.4 Å². The molecule has 2 bridgehead atoms. The lowest BCUT2D eigenvalue weighted by atomic mass is 9.84. The fourth-order valence-corrected chi connectivity index (χ4v) is 3.71. The molecular weight excluding hydrogens is 309 g/mol. The zero-order valence-corrected chi connectivity index (χ0v) is 13.3. The second-order valence-electron chi connectivity index (χ2n) is 6.59. The van der Waals surface area contributed by atoms with Crippen molar-refractivity contribution in [3.63, 3.8) is 0 Å². The van der Waals surface area contributed by atoms with Crippen LogP contribution in [-0.4, -0.2) is 36.5 Å². The van der Waals surface area contributed by atoms with E-state index in [2.05, 4.69) is 10.2 Å². The number of benzene rings is 1. The summed E-state index contributed by atoms with van der Waals surface area (Å²) in [5, 5.41) is 3.06. The van der Waals surface area contributed by atoms with Crippen molar-refractivity contribution >= 4 is 11.6 Å². The summed E-state index contributed by atoms with van der Waals surface area (Å²) in [5.41, 5.74) is 5.90. The van der Waals surface area contributed by atoms with Gasteiger partial charge in [-0.3, -0.25) is 4.79 Å². The monoisotopic (exact) mass is 329 g/mol. The number of carbonyl (C=O) groups excluding carboxylic acids is 1. The Morgan fingerprint density at radius 2 is 2.04 bits per heavy atom. The molecule has 4 heterocycles. The molecular formula is C18H20FN3O2. The van der Waals surface area contributed by atoms with Crippen LogP contribution in [0, 0.1) is 11.7 Å². The standard InChI is InChI=1S/C18H20FN3O2/c19-17-12(2-1-3-13(17)20)15-4-5-16(24-15)18(23)21-14-10-22-8-6-11(14)7-9-22/h1-5,11,14H,6-10,20H2,(H,21,23). The predicted octanol–water partition coefficient (Wildman–Crippen LogP) is 2.49. The molecule has 1 atom stereocenters. The van der Waals surface area contributed by atoms with Crippen LogP contribution >= 0.6 is 0 Å². The molecule has 24 heavy (non-hydrogen) atoms. The van der Waals surface area contributed by atoms with Crippen molar-refractivity contribution in [1.29, 1.82) is 0 Å². The molecule has 5 rings (SSSR count). The lowest BCUT2D eigenvalue weighted by Gasteiger charge is -2.44. The van der Waals surface area contributed by atoms with Gasteiger partial charge in [0.2, 0.25) is 0 Å². The number of amides is 1. The lowest BCUT2D eigenvalue weighted by Crippen LogP contribution is -2.57. The van der Waals surface area contributed by atoms with Crippen LogP contribution in [0.25, 0.3) is 11.3 Å². The van der Waals surface area contributed by atoms with E-state index in [4.69, 9.17) is 10.2 Å². The van der Waals surface area contributed by atoms with E-state index in [0.29, 0.717) is 11.7 Å². The molecule has 3 aliphatic heterocycles. The number of piperidine rings is 3. The minimum atomic E-state index is -0.531. The topological polar surface area (TPSA) is 71.5 Å². The fourth-order valence-electron chi connectivity index (χ4n) is 3.71. The molecule has 0 saturated carbocycles. The molecule has 0 radical (unpaired) electrons. The van der Waals surface area contributed by atoms with Gasteiger partial charge in [0.25, 0.3) is 5.91 Å². The molecule has 0 spiro atoms. The Labute approximate surface area is 139 Å². The van der Waals surface area contributed by atoms with Crippen LogP contribution in [-0.2, 0) is 0 Å². The number of hydrogen-bond acceptors (Lipinski definition) is 4. The minimum Gasteiger partial charge on any atom is -0.451 e. The molecule has 1 unspecified atom stereocenters. The molecule has 6 heteroatoms. The largest absolute Gasteiger partial charge is 0.451 e. The second kappa shape index (κ2) is 5.94. The van der Waals surface area contributed by atoms with Gasteiger partial charge < -0.3 is 20.4 Å². The molecule has 3 N–H and O–H groups in total. The van der Waals surface area contributed by atoms with Crippen molar-refractivity contribution in [3.05, 3.63) is 41.9 Å². The van der Waals surface area contributed by atoms with Gasteiger partial charge in [0.1, 0.15) is 5.76 Å². The third-order valence-corrected chi connectivity index (χ3v) is 5.10. The quantitative estimate of drug-likeness (QED) is 0.849. The molecule has 126 valence electrons. The van der Waals surface area contributed by atoms with Crippen molar-refractivity contribution < 1.29 is 13.6 Å². The Balaban J connectivity index is 1.50. The third kappa shape index (κ3) is 2.67. The summed E-state index contributed by atoms with van der Waals surface area (Å²) in [4.78, 5) is 14.8. The Hall–Kier alpha value is -2.34. The summed E-state index contributed by atoms with van der Waals surface area (Å²) in [6.07, 6.45) is 2.26. The number of fused-ring (bicyclic) bond motifs is 3. The highest BCUT2D eigenvalue weighted by molar-refractivity contribution is 5.92. The van der Waals surface area contributed by atoms with Crippen LogP contribution < -0.4 is 11.1 Å². The number of nitrogen functional groups attached to an aromatic ring is 1. The molecule has 1 aromatic heterocycles. The number of nitrogens with one attached hydrogen (secondary N) is 1. The normalized spacial score (nSPS) is 25.6. The smallest absolute Gasteiger partial charge is 0.287 e. The summed E-state index contributed by atoms with van der Waals surface area (Å²) in [7, 11) is 0. The van der Waals surface area contributed by atoms with Gasteiger partial charge in [0.15, 0.2) is 11.6 Å². The fraction of sp³-hybridized carbons (Fsp3) is 0.389. The SMILES string of the molecule is Nc1cccc(-c2ccc(C(=O)NC3CN4CCC3CC4)o2)c1F. The number of carbonyl (C=O) groups is 1. The van der Waals surface area contributed by atoms with Crippen LogP contribution in [0.3, 0.4) is 0 Å². The first-order chi connectivity index (χ1) is 11.6.